The molecule has 4 heterocycles. The van der Waals surface area contributed by atoms with E-state index in [2.05, 4.69) is 37.3 Å². The summed E-state index contributed by atoms with van der Waals surface area (Å²) in [4.78, 5) is 15.3. The summed E-state index contributed by atoms with van der Waals surface area (Å²) in [6.07, 6.45) is 7.45. The highest BCUT2D eigenvalue weighted by Crippen LogP contribution is 2.41. The van der Waals surface area contributed by atoms with Gasteiger partial charge >= 0.3 is 0 Å². The number of nitrogens with zero attached hydrogens (tertiary/aromatic N) is 4. The molecule has 2 aromatic heterocycles. The quantitative estimate of drug-likeness (QED) is 0.872. The van der Waals surface area contributed by atoms with Gasteiger partial charge in [-0.15, -0.1) is 11.3 Å². The lowest BCUT2D eigenvalue weighted by Crippen LogP contribution is -2.64. The molecule has 0 bridgehead atoms. The first-order valence-electron chi connectivity index (χ1n) is 7.65. The van der Waals surface area contributed by atoms with E-state index in [1.54, 1.807) is 0 Å². The molecule has 2 aromatic rings. The van der Waals surface area contributed by atoms with Crippen LogP contribution in [-0.4, -0.2) is 40.0 Å². The molecule has 4 rings (SSSR count). The first-order valence-corrected chi connectivity index (χ1v) is 8.53. The summed E-state index contributed by atoms with van der Waals surface area (Å²) >= 11 is 1.86. The van der Waals surface area contributed by atoms with Gasteiger partial charge in [0.1, 0.15) is 0 Å². The Kier molecular flexibility index (Phi) is 3.39. The predicted molar refractivity (Wildman–Crippen MR) is 85.6 cm³/mol. The third-order valence-electron chi connectivity index (χ3n) is 4.91. The SMILES string of the molecule is c1cnc(N2CCC23CCN(Cc2cccs2)CC3)nc1. The second-order valence-corrected chi connectivity index (χ2v) is 7.06. The molecule has 110 valence electrons. The first kappa shape index (κ1) is 13.2. The fraction of sp³-hybridized carbons (Fsp3) is 0.500. The zero-order valence-electron chi connectivity index (χ0n) is 12.1. The number of aromatic nitrogens is 2. The maximum atomic E-state index is 4.43. The van der Waals surface area contributed by atoms with Crippen molar-refractivity contribution >= 4 is 17.3 Å². The Balaban J connectivity index is 1.40. The number of likely N-dealkylation sites (tertiary alicyclic amines) is 1. The van der Waals surface area contributed by atoms with Crippen LogP contribution in [0.4, 0.5) is 5.95 Å². The van der Waals surface area contributed by atoms with Crippen molar-refractivity contribution in [3.8, 4) is 0 Å². The number of anilines is 1. The highest BCUT2D eigenvalue weighted by atomic mass is 32.1. The molecular formula is C16H20N4S. The molecule has 0 radical (unpaired) electrons. The Morgan fingerprint density at radius 3 is 2.43 bits per heavy atom. The molecule has 5 heteroatoms. The van der Waals surface area contributed by atoms with E-state index in [0.29, 0.717) is 5.54 Å². The zero-order chi connectivity index (χ0) is 14.1. The van der Waals surface area contributed by atoms with Crippen molar-refractivity contribution < 1.29 is 0 Å². The van der Waals surface area contributed by atoms with Crippen molar-refractivity contribution in [2.45, 2.75) is 31.3 Å². The topological polar surface area (TPSA) is 32.3 Å². The Bertz CT molecular complexity index is 576. The molecule has 0 aromatic carbocycles. The Labute approximate surface area is 129 Å². The number of rotatable bonds is 3. The van der Waals surface area contributed by atoms with Gasteiger partial charge in [-0.25, -0.2) is 9.97 Å². The van der Waals surface area contributed by atoms with Gasteiger partial charge in [0.25, 0.3) is 0 Å². The first-order chi connectivity index (χ1) is 10.4. The van der Waals surface area contributed by atoms with Crippen LogP contribution in [-0.2, 0) is 6.54 Å². The summed E-state index contributed by atoms with van der Waals surface area (Å²) in [5, 5.41) is 2.17. The molecule has 21 heavy (non-hydrogen) atoms. The summed E-state index contributed by atoms with van der Waals surface area (Å²) in [6, 6.07) is 6.27. The van der Waals surface area contributed by atoms with Crippen LogP contribution in [0, 0.1) is 0 Å². The maximum Gasteiger partial charge on any atom is 0.225 e. The van der Waals surface area contributed by atoms with Crippen LogP contribution in [0.2, 0.25) is 0 Å². The van der Waals surface area contributed by atoms with Crippen LogP contribution < -0.4 is 4.90 Å². The molecule has 0 aliphatic carbocycles. The van der Waals surface area contributed by atoms with E-state index < -0.39 is 0 Å². The van der Waals surface area contributed by atoms with E-state index in [0.717, 1.165) is 19.0 Å². The van der Waals surface area contributed by atoms with Crippen LogP contribution in [0.25, 0.3) is 0 Å². The lowest BCUT2D eigenvalue weighted by molar-refractivity contribution is 0.111. The van der Waals surface area contributed by atoms with E-state index in [1.807, 2.05) is 29.8 Å². The van der Waals surface area contributed by atoms with E-state index in [-0.39, 0.29) is 0 Å². The van der Waals surface area contributed by atoms with Gasteiger partial charge in [-0.3, -0.25) is 4.90 Å². The lowest BCUT2D eigenvalue weighted by Gasteiger charge is -2.56. The molecule has 4 nitrogen and oxygen atoms in total. The Morgan fingerprint density at radius 1 is 1.05 bits per heavy atom. The smallest absolute Gasteiger partial charge is 0.225 e. The number of thiophene rings is 1. The second-order valence-electron chi connectivity index (χ2n) is 6.03. The summed E-state index contributed by atoms with van der Waals surface area (Å²) in [5.74, 6) is 0.912. The van der Waals surface area contributed by atoms with Gasteiger partial charge in [-0.05, 0) is 36.8 Å². The molecular weight excluding hydrogens is 280 g/mol. The van der Waals surface area contributed by atoms with E-state index in [1.165, 1.54) is 37.2 Å². The fourth-order valence-electron chi connectivity index (χ4n) is 3.55. The van der Waals surface area contributed by atoms with E-state index >= 15 is 0 Å². The average molecular weight is 300 g/mol. The molecule has 0 N–H and O–H groups in total. The summed E-state index contributed by atoms with van der Waals surface area (Å²) in [7, 11) is 0. The molecule has 2 aliphatic heterocycles. The normalized spacial score (nSPS) is 21.4. The lowest BCUT2D eigenvalue weighted by atomic mass is 9.76. The third-order valence-corrected chi connectivity index (χ3v) is 5.77. The van der Waals surface area contributed by atoms with Crippen molar-refractivity contribution in [2.75, 3.05) is 24.5 Å². The van der Waals surface area contributed by atoms with Crippen molar-refractivity contribution in [2.24, 2.45) is 0 Å². The van der Waals surface area contributed by atoms with Crippen LogP contribution in [0.3, 0.4) is 0 Å². The largest absolute Gasteiger partial charge is 0.335 e. The van der Waals surface area contributed by atoms with E-state index in [9.17, 15) is 0 Å². The number of hydrogen-bond donors (Lipinski definition) is 0. The molecule has 2 fully saturated rings. The Hall–Kier alpha value is -1.46. The van der Waals surface area contributed by atoms with Crippen LogP contribution in [0.15, 0.2) is 36.0 Å². The number of hydrogen-bond acceptors (Lipinski definition) is 5. The fourth-order valence-corrected chi connectivity index (χ4v) is 4.30. The molecule has 0 amide bonds. The maximum absolute atomic E-state index is 4.43. The summed E-state index contributed by atoms with van der Waals surface area (Å²) < 4.78 is 0. The monoisotopic (exact) mass is 300 g/mol. The standard InChI is InChI=1S/C16H20N4S/c1-3-14(21-12-1)13-19-9-4-16(5-10-19)6-11-20(16)15-17-7-2-8-18-15/h1-3,7-8,12H,4-6,9-11,13H2. The average Bonchev–Trinajstić information content (AvgIpc) is 3.01. The molecule has 2 saturated heterocycles. The van der Waals surface area contributed by atoms with Crippen molar-refractivity contribution in [1.29, 1.82) is 0 Å². The minimum Gasteiger partial charge on any atom is -0.335 e. The van der Waals surface area contributed by atoms with Crippen LogP contribution in [0.1, 0.15) is 24.1 Å². The van der Waals surface area contributed by atoms with Crippen molar-refractivity contribution in [1.82, 2.24) is 14.9 Å². The van der Waals surface area contributed by atoms with Crippen molar-refractivity contribution in [3.05, 3.63) is 40.8 Å². The molecule has 0 saturated carbocycles. The van der Waals surface area contributed by atoms with Crippen LogP contribution in [0.5, 0.6) is 0 Å². The Morgan fingerprint density at radius 2 is 1.81 bits per heavy atom. The van der Waals surface area contributed by atoms with Crippen LogP contribution >= 0.6 is 11.3 Å². The van der Waals surface area contributed by atoms with Gasteiger partial charge in [0, 0.05) is 49.0 Å². The molecule has 0 unspecified atom stereocenters. The predicted octanol–water partition coefficient (Wildman–Crippen LogP) is 2.78. The summed E-state index contributed by atoms with van der Waals surface area (Å²) in [6.45, 7) is 4.58. The van der Waals surface area contributed by atoms with Gasteiger partial charge in [0.15, 0.2) is 0 Å². The molecule has 1 spiro atoms. The molecule has 2 aliphatic rings. The van der Waals surface area contributed by atoms with Gasteiger partial charge in [-0.2, -0.15) is 0 Å². The third kappa shape index (κ3) is 2.45. The number of piperidine rings is 1. The van der Waals surface area contributed by atoms with Crippen molar-refractivity contribution in [3.63, 3.8) is 0 Å². The van der Waals surface area contributed by atoms with Gasteiger partial charge < -0.3 is 4.90 Å². The summed E-state index contributed by atoms with van der Waals surface area (Å²) in [5.41, 5.74) is 0.327. The highest BCUT2D eigenvalue weighted by molar-refractivity contribution is 7.09. The zero-order valence-corrected chi connectivity index (χ0v) is 12.9. The van der Waals surface area contributed by atoms with Gasteiger partial charge in [0.05, 0.1) is 0 Å². The minimum atomic E-state index is 0.327. The highest BCUT2D eigenvalue weighted by Gasteiger charge is 2.47. The van der Waals surface area contributed by atoms with E-state index in [4.69, 9.17) is 0 Å². The molecule has 0 atom stereocenters. The van der Waals surface area contributed by atoms with Gasteiger partial charge in [-0.1, -0.05) is 6.07 Å². The minimum absolute atomic E-state index is 0.327. The second kappa shape index (κ2) is 5.39. The van der Waals surface area contributed by atoms with Gasteiger partial charge in [0.2, 0.25) is 5.95 Å².